The summed E-state index contributed by atoms with van der Waals surface area (Å²) in [5.41, 5.74) is 6.03. The predicted molar refractivity (Wildman–Crippen MR) is 106 cm³/mol. The maximum atomic E-state index is 12.7. The van der Waals surface area contributed by atoms with Crippen molar-refractivity contribution in [3.05, 3.63) is 0 Å². The number of piperidine rings is 2. The van der Waals surface area contributed by atoms with Crippen molar-refractivity contribution in [1.29, 1.82) is 0 Å². The Morgan fingerprint density at radius 3 is 2.42 bits per heavy atom. The third kappa shape index (κ3) is 4.61. The van der Waals surface area contributed by atoms with E-state index >= 15 is 0 Å². The molecule has 26 heavy (non-hydrogen) atoms. The molecule has 1 spiro atoms. The first kappa shape index (κ1) is 20.1. The van der Waals surface area contributed by atoms with Gasteiger partial charge in [-0.05, 0) is 44.7 Å². The van der Waals surface area contributed by atoms with Gasteiger partial charge < -0.3 is 10.6 Å². The molecule has 0 aliphatic carbocycles. The number of ketones is 1. The zero-order valence-electron chi connectivity index (χ0n) is 16.2. The molecule has 0 bridgehead atoms. The molecule has 3 heterocycles. The summed E-state index contributed by atoms with van der Waals surface area (Å²) in [6.07, 6.45) is 5.50. The SMILES string of the molecule is CC(C)[C@H](N)C(=O)N1CCC2(CC1)N[C@H](C(=O)CN1CCCCC1)CS2. The Bertz CT molecular complexity index is 514. The molecule has 3 aliphatic heterocycles. The molecule has 0 radical (unpaired) electrons. The van der Waals surface area contributed by atoms with Gasteiger partial charge in [0.15, 0.2) is 5.78 Å². The lowest BCUT2D eigenvalue weighted by Crippen LogP contribution is -2.56. The lowest BCUT2D eigenvalue weighted by Gasteiger charge is -2.40. The second kappa shape index (κ2) is 8.59. The van der Waals surface area contributed by atoms with Crippen molar-refractivity contribution in [3.63, 3.8) is 0 Å². The molecule has 148 valence electrons. The van der Waals surface area contributed by atoms with Crippen molar-refractivity contribution in [3.8, 4) is 0 Å². The zero-order chi connectivity index (χ0) is 18.7. The molecule has 7 heteroatoms. The van der Waals surface area contributed by atoms with Crippen molar-refractivity contribution in [1.82, 2.24) is 15.1 Å². The molecule has 3 N–H and O–H groups in total. The van der Waals surface area contributed by atoms with Crippen LogP contribution in [0.1, 0.15) is 46.0 Å². The molecule has 0 saturated carbocycles. The van der Waals surface area contributed by atoms with E-state index in [-0.39, 0.29) is 22.7 Å². The average molecular weight is 383 g/mol. The van der Waals surface area contributed by atoms with Gasteiger partial charge in [0.25, 0.3) is 0 Å². The van der Waals surface area contributed by atoms with E-state index < -0.39 is 6.04 Å². The molecule has 3 saturated heterocycles. The van der Waals surface area contributed by atoms with Crippen LogP contribution in [0.4, 0.5) is 0 Å². The van der Waals surface area contributed by atoms with Crippen molar-refractivity contribution in [2.24, 2.45) is 11.7 Å². The van der Waals surface area contributed by atoms with E-state index in [1.54, 1.807) is 0 Å². The lowest BCUT2D eigenvalue weighted by atomic mass is 9.99. The van der Waals surface area contributed by atoms with Gasteiger partial charge in [0.1, 0.15) is 0 Å². The molecule has 1 amide bonds. The van der Waals surface area contributed by atoms with Gasteiger partial charge in [-0.15, -0.1) is 11.8 Å². The van der Waals surface area contributed by atoms with E-state index in [2.05, 4.69) is 10.2 Å². The summed E-state index contributed by atoms with van der Waals surface area (Å²) in [6.45, 7) is 8.14. The first-order chi connectivity index (χ1) is 12.4. The summed E-state index contributed by atoms with van der Waals surface area (Å²) in [6, 6.07) is -0.450. The predicted octanol–water partition coefficient (Wildman–Crippen LogP) is 1.05. The molecule has 0 unspecified atom stereocenters. The van der Waals surface area contributed by atoms with Crippen LogP contribution in [-0.2, 0) is 9.59 Å². The summed E-state index contributed by atoms with van der Waals surface area (Å²) < 4.78 is 0. The van der Waals surface area contributed by atoms with Gasteiger partial charge >= 0.3 is 0 Å². The van der Waals surface area contributed by atoms with E-state index in [4.69, 9.17) is 5.73 Å². The molecule has 2 atom stereocenters. The number of rotatable bonds is 5. The topological polar surface area (TPSA) is 78.7 Å². The zero-order valence-corrected chi connectivity index (χ0v) is 17.0. The molecule has 3 rings (SSSR count). The molecule has 3 aliphatic rings. The fourth-order valence-corrected chi connectivity index (χ4v) is 5.59. The first-order valence-corrected chi connectivity index (χ1v) is 11.1. The molecule has 6 nitrogen and oxygen atoms in total. The number of nitrogens with two attached hydrogens (primary N) is 1. The number of nitrogens with one attached hydrogen (secondary N) is 1. The van der Waals surface area contributed by atoms with Crippen LogP contribution >= 0.6 is 11.8 Å². The van der Waals surface area contributed by atoms with Gasteiger partial charge in [0.05, 0.1) is 23.5 Å². The van der Waals surface area contributed by atoms with Gasteiger partial charge in [0.2, 0.25) is 5.91 Å². The Kier molecular flexibility index (Phi) is 6.64. The fourth-order valence-electron chi connectivity index (χ4n) is 4.14. The Morgan fingerprint density at radius 1 is 1.15 bits per heavy atom. The first-order valence-electron chi connectivity index (χ1n) is 10.1. The van der Waals surface area contributed by atoms with Crippen LogP contribution in [0.3, 0.4) is 0 Å². The van der Waals surface area contributed by atoms with Gasteiger partial charge in [-0.2, -0.15) is 0 Å². The van der Waals surface area contributed by atoms with Gasteiger partial charge in [-0.25, -0.2) is 0 Å². The van der Waals surface area contributed by atoms with Crippen molar-refractivity contribution in [2.45, 2.75) is 62.9 Å². The minimum atomic E-state index is -0.410. The third-order valence-corrected chi connectivity index (χ3v) is 7.65. The highest BCUT2D eigenvalue weighted by molar-refractivity contribution is 8.01. The van der Waals surface area contributed by atoms with Gasteiger partial charge in [-0.3, -0.25) is 19.8 Å². The van der Waals surface area contributed by atoms with E-state index in [1.807, 2.05) is 30.5 Å². The van der Waals surface area contributed by atoms with Crippen molar-refractivity contribution >= 4 is 23.5 Å². The van der Waals surface area contributed by atoms with Crippen LogP contribution in [0.25, 0.3) is 0 Å². The highest BCUT2D eigenvalue weighted by Crippen LogP contribution is 2.39. The average Bonchev–Trinajstić information content (AvgIpc) is 3.06. The maximum absolute atomic E-state index is 12.7. The van der Waals surface area contributed by atoms with Crippen molar-refractivity contribution < 1.29 is 9.59 Å². The molecular weight excluding hydrogens is 348 g/mol. The number of hydrogen-bond acceptors (Lipinski definition) is 6. The van der Waals surface area contributed by atoms with Gasteiger partial charge in [0, 0.05) is 18.8 Å². The standard InChI is InChI=1S/C19H34N4O2S/c1-14(2)17(20)18(25)23-10-6-19(7-11-23)21-15(13-26-19)16(24)12-22-8-4-3-5-9-22/h14-15,17,21H,3-13,20H2,1-2H3/t15-,17-/m0/s1. The van der Waals surface area contributed by atoms with E-state index in [0.717, 1.165) is 44.8 Å². The Hall–Kier alpha value is -0.630. The number of hydrogen-bond donors (Lipinski definition) is 2. The number of Topliss-reactive ketones (excluding diaryl/α,β-unsaturated/α-hetero) is 1. The van der Waals surface area contributed by atoms with Crippen LogP contribution in [0.2, 0.25) is 0 Å². The van der Waals surface area contributed by atoms with Crippen LogP contribution in [0.15, 0.2) is 0 Å². The number of carbonyl (C=O) groups is 2. The maximum Gasteiger partial charge on any atom is 0.239 e. The molecule has 0 aromatic carbocycles. The number of carbonyl (C=O) groups excluding carboxylic acids is 2. The van der Waals surface area contributed by atoms with Crippen LogP contribution in [-0.4, -0.2) is 76.9 Å². The number of likely N-dealkylation sites (tertiary alicyclic amines) is 2. The van der Waals surface area contributed by atoms with Crippen LogP contribution in [0, 0.1) is 5.92 Å². The Balaban J connectivity index is 1.48. The van der Waals surface area contributed by atoms with E-state index in [9.17, 15) is 9.59 Å². The highest BCUT2D eigenvalue weighted by Gasteiger charge is 2.44. The third-order valence-electron chi connectivity index (χ3n) is 6.07. The molecule has 0 aromatic rings. The summed E-state index contributed by atoms with van der Waals surface area (Å²) in [5.74, 6) is 1.41. The fraction of sp³-hybridized carbons (Fsp3) is 0.895. The molecule has 3 fully saturated rings. The monoisotopic (exact) mass is 382 g/mol. The molecular formula is C19H34N4O2S. The summed E-state index contributed by atoms with van der Waals surface area (Å²) in [4.78, 5) is 29.3. The van der Waals surface area contributed by atoms with Crippen LogP contribution < -0.4 is 11.1 Å². The van der Waals surface area contributed by atoms with Gasteiger partial charge in [-0.1, -0.05) is 20.3 Å². The van der Waals surface area contributed by atoms with E-state index in [0.29, 0.717) is 12.3 Å². The number of nitrogens with zero attached hydrogens (tertiary/aromatic N) is 2. The Labute approximate surface area is 161 Å². The van der Waals surface area contributed by atoms with Crippen LogP contribution in [0.5, 0.6) is 0 Å². The largest absolute Gasteiger partial charge is 0.341 e. The smallest absolute Gasteiger partial charge is 0.239 e. The summed E-state index contributed by atoms with van der Waals surface area (Å²) >= 11 is 1.87. The van der Waals surface area contributed by atoms with E-state index in [1.165, 1.54) is 19.3 Å². The second-order valence-corrected chi connectivity index (χ2v) is 9.80. The van der Waals surface area contributed by atoms with Crippen molar-refractivity contribution in [2.75, 3.05) is 38.5 Å². The second-order valence-electron chi connectivity index (χ2n) is 8.40. The quantitative estimate of drug-likeness (QED) is 0.740. The Morgan fingerprint density at radius 2 is 1.81 bits per heavy atom. The normalized spacial score (nSPS) is 27.8. The summed E-state index contributed by atoms with van der Waals surface area (Å²) in [5, 5.41) is 3.62. The highest BCUT2D eigenvalue weighted by atomic mass is 32.2. The molecule has 0 aromatic heterocycles. The minimum Gasteiger partial charge on any atom is -0.341 e. The number of thioether (sulfide) groups is 1. The number of amides is 1. The summed E-state index contributed by atoms with van der Waals surface area (Å²) in [7, 11) is 0. The minimum absolute atomic E-state index is 0.0397. The lowest BCUT2D eigenvalue weighted by molar-refractivity contribution is -0.135.